The molecule has 5 nitrogen and oxygen atoms in total. The van der Waals surface area contributed by atoms with E-state index < -0.39 is 0 Å². The molecular weight excluding hydrogens is 196 g/mol. The van der Waals surface area contributed by atoms with E-state index in [2.05, 4.69) is 9.97 Å². The van der Waals surface area contributed by atoms with Crippen LogP contribution in [-0.2, 0) is 15.9 Å². The molecule has 1 aliphatic heterocycles. The topological polar surface area (TPSA) is 64.2 Å². The predicted octanol–water partition coefficient (Wildman–Crippen LogP) is 0.420. The molecule has 82 valence electrons. The largest absolute Gasteiger partial charge is 0.376 e. The summed E-state index contributed by atoms with van der Waals surface area (Å²) in [5, 5.41) is 0. The Kier molecular flexibility index (Phi) is 3.13. The molecule has 1 N–H and O–H groups in total. The first-order valence-corrected chi connectivity index (χ1v) is 5.09. The van der Waals surface area contributed by atoms with Gasteiger partial charge in [-0.15, -0.1) is 0 Å². The molecule has 1 aliphatic rings. The summed E-state index contributed by atoms with van der Waals surface area (Å²) in [6.45, 7) is 3.57. The Morgan fingerprint density at radius 3 is 3.13 bits per heavy atom. The lowest BCUT2D eigenvalue weighted by Gasteiger charge is -2.22. The van der Waals surface area contributed by atoms with E-state index in [-0.39, 0.29) is 11.7 Å². The van der Waals surface area contributed by atoms with Gasteiger partial charge in [0.1, 0.15) is 11.9 Å². The van der Waals surface area contributed by atoms with E-state index in [1.54, 1.807) is 0 Å². The summed E-state index contributed by atoms with van der Waals surface area (Å²) < 4.78 is 10.7. The quantitative estimate of drug-likeness (QED) is 0.768. The van der Waals surface area contributed by atoms with Crippen LogP contribution in [0, 0.1) is 0 Å². The van der Waals surface area contributed by atoms with Gasteiger partial charge in [-0.25, -0.2) is 4.98 Å². The van der Waals surface area contributed by atoms with E-state index >= 15 is 0 Å². The molecule has 0 aliphatic carbocycles. The molecule has 15 heavy (non-hydrogen) atoms. The van der Waals surface area contributed by atoms with Crippen molar-refractivity contribution in [2.75, 3.05) is 19.8 Å². The average molecular weight is 210 g/mol. The highest BCUT2D eigenvalue weighted by Crippen LogP contribution is 2.15. The van der Waals surface area contributed by atoms with Gasteiger partial charge < -0.3 is 14.5 Å². The van der Waals surface area contributed by atoms with Gasteiger partial charge in [0.05, 0.1) is 19.8 Å². The Hall–Kier alpha value is -1.20. The van der Waals surface area contributed by atoms with Crippen LogP contribution in [0.25, 0.3) is 0 Å². The van der Waals surface area contributed by atoms with E-state index in [4.69, 9.17) is 9.47 Å². The van der Waals surface area contributed by atoms with Crippen molar-refractivity contribution in [1.29, 1.82) is 0 Å². The Balaban J connectivity index is 2.26. The number of H-pyrrole nitrogens is 1. The lowest BCUT2D eigenvalue weighted by Crippen LogP contribution is -2.26. The number of ether oxygens (including phenoxy) is 2. The second-order valence-electron chi connectivity index (χ2n) is 3.41. The van der Waals surface area contributed by atoms with E-state index in [9.17, 15) is 4.79 Å². The van der Waals surface area contributed by atoms with E-state index in [1.165, 1.54) is 6.07 Å². The van der Waals surface area contributed by atoms with E-state index in [0.717, 1.165) is 12.1 Å². The Labute approximate surface area is 87.4 Å². The van der Waals surface area contributed by atoms with Gasteiger partial charge in [-0.05, 0) is 6.42 Å². The minimum atomic E-state index is -0.238. The van der Waals surface area contributed by atoms with Crippen molar-refractivity contribution in [3.05, 3.63) is 27.9 Å². The smallest absolute Gasteiger partial charge is 0.251 e. The molecule has 0 spiro atoms. The zero-order chi connectivity index (χ0) is 10.7. The van der Waals surface area contributed by atoms with Crippen molar-refractivity contribution >= 4 is 0 Å². The maximum atomic E-state index is 11.3. The average Bonchev–Trinajstić information content (AvgIpc) is 2.29. The summed E-state index contributed by atoms with van der Waals surface area (Å²) >= 11 is 0. The number of nitrogens with zero attached hydrogens (tertiary/aromatic N) is 1. The van der Waals surface area contributed by atoms with Crippen LogP contribution in [0.3, 0.4) is 0 Å². The van der Waals surface area contributed by atoms with Gasteiger partial charge in [-0.2, -0.15) is 0 Å². The van der Waals surface area contributed by atoms with Crippen molar-refractivity contribution in [3.63, 3.8) is 0 Å². The predicted molar refractivity (Wildman–Crippen MR) is 53.7 cm³/mol. The van der Waals surface area contributed by atoms with Gasteiger partial charge in [0.25, 0.3) is 5.56 Å². The summed E-state index contributed by atoms with van der Waals surface area (Å²) in [5.74, 6) is 0.569. The van der Waals surface area contributed by atoms with Gasteiger partial charge in [0, 0.05) is 11.8 Å². The lowest BCUT2D eigenvalue weighted by atomic mass is 10.3. The number of aromatic amines is 1. The molecule has 1 unspecified atom stereocenters. The van der Waals surface area contributed by atoms with Gasteiger partial charge in [-0.3, -0.25) is 4.79 Å². The van der Waals surface area contributed by atoms with Crippen LogP contribution in [0.15, 0.2) is 10.9 Å². The fourth-order valence-corrected chi connectivity index (χ4v) is 1.51. The SMILES string of the molecule is CCc1cc(=O)[nH]c(C2COCCO2)n1. The zero-order valence-corrected chi connectivity index (χ0v) is 8.66. The lowest BCUT2D eigenvalue weighted by molar-refractivity contribution is -0.0936. The molecule has 0 bridgehead atoms. The van der Waals surface area contributed by atoms with Crippen LogP contribution >= 0.6 is 0 Å². The molecule has 1 aromatic heterocycles. The molecule has 0 amide bonds. The second-order valence-corrected chi connectivity index (χ2v) is 3.41. The second kappa shape index (κ2) is 4.55. The van der Waals surface area contributed by atoms with Crippen molar-refractivity contribution in [2.24, 2.45) is 0 Å². The Morgan fingerprint density at radius 1 is 1.60 bits per heavy atom. The number of aryl methyl sites for hydroxylation is 1. The maximum absolute atomic E-state index is 11.3. The fourth-order valence-electron chi connectivity index (χ4n) is 1.51. The van der Waals surface area contributed by atoms with E-state index in [1.807, 2.05) is 6.92 Å². The first kappa shape index (κ1) is 10.3. The Bertz CT molecular complexity index is 382. The van der Waals surface area contributed by atoms with Crippen LogP contribution in [0.5, 0.6) is 0 Å². The van der Waals surface area contributed by atoms with Gasteiger partial charge >= 0.3 is 0 Å². The maximum Gasteiger partial charge on any atom is 0.251 e. The summed E-state index contributed by atoms with van der Waals surface area (Å²) in [6.07, 6.45) is 0.503. The summed E-state index contributed by atoms with van der Waals surface area (Å²) in [5.41, 5.74) is 0.647. The molecule has 1 aromatic rings. The summed E-state index contributed by atoms with van der Waals surface area (Å²) in [6, 6.07) is 1.51. The van der Waals surface area contributed by atoms with Gasteiger partial charge in [0.15, 0.2) is 0 Å². The van der Waals surface area contributed by atoms with Crippen molar-refractivity contribution in [1.82, 2.24) is 9.97 Å². The highest BCUT2D eigenvalue weighted by molar-refractivity contribution is 5.04. The molecule has 1 saturated heterocycles. The highest BCUT2D eigenvalue weighted by atomic mass is 16.6. The van der Waals surface area contributed by atoms with E-state index in [0.29, 0.717) is 25.6 Å². The molecule has 1 fully saturated rings. The van der Waals surface area contributed by atoms with Crippen LogP contribution < -0.4 is 5.56 Å². The minimum Gasteiger partial charge on any atom is -0.376 e. The van der Waals surface area contributed by atoms with Crippen LogP contribution in [0.4, 0.5) is 0 Å². The Morgan fingerprint density at radius 2 is 2.47 bits per heavy atom. The highest BCUT2D eigenvalue weighted by Gasteiger charge is 2.19. The number of hydrogen-bond donors (Lipinski definition) is 1. The van der Waals surface area contributed by atoms with Gasteiger partial charge in [0.2, 0.25) is 0 Å². The number of hydrogen-bond acceptors (Lipinski definition) is 4. The molecule has 2 heterocycles. The summed E-state index contributed by atoms with van der Waals surface area (Å²) in [4.78, 5) is 18.3. The molecule has 0 aromatic carbocycles. The number of rotatable bonds is 2. The fraction of sp³-hybridized carbons (Fsp3) is 0.600. The number of aromatic nitrogens is 2. The third-order valence-electron chi connectivity index (χ3n) is 2.30. The van der Waals surface area contributed by atoms with Crippen molar-refractivity contribution in [3.8, 4) is 0 Å². The molecular formula is C10H14N2O3. The van der Waals surface area contributed by atoms with Crippen molar-refractivity contribution in [2.45, 2.75) is 19.4 Å². The van der Waals surface area contributed by atoms with Crippen LogP contribution in [-0.4, -0.2) is 29.8 Å². The van der Waals surface area contributed by atoms with Gasteiger partial charge in [-0.1, -0.05) is 6.92 Å². The van der Waals surface area contributed by atoms with Crippen LogP contribution in [0.1, 0.15) is 24.5 Å². The van der Waals surface area contributed by atoms with Crippen LogP contribution in [0.2, 0.25) is 0 Å². The molecule has 1 atom stereocenters. The first-order chi connectivity index (χ1) is 7.29. The molecule has 2 rings (SSSR count). The third kappa shape index (κ3) is 2.43. The summed E-state index contributed by atoms with van der Waals surface area (Å²) in [7, 11) is 0. The first-order valence-electron chi connectivity index (χ1n) is 5.09. The number of nitrogens with one attached hydrogen (secondary N) is 1. The zero-order valence-electron chi connectivity index (χ0n) is 8.66. The standard InChI is InChI=1S/C10H14N2O3/c1-2-7-5-9(13)12-10(11-7)8-6-14-3-4-15-8/h5,8H,2-4,6H2,1H3,(H,11,12,13). The van der Waals surface area contributed by atoms with Crippen molar-refractivity contribution < 1.29 is 9.47 Å². The monoisotopic (exact) mass is 210 g/mol. The third-order valence-corrected chi connectivity index (χ3v) is 2.30. The minimum absolute atomic E-state index is 0.133. The normalized spacial score (nSPS) is 21.5. The molecule has 5 heteroatoms. The molecule has 0 saturated carbocycles. The molecule has 0 radical (unpaired) electrons.